The lowest BCUT2D eigenvalue weighted by Crippen LogP contribution is -2.19. The van der Waals surface area contributed by atoms with Crippen LogP contribution in [0.3, 0.4) is 0 Å². The third-order valence-corrected chi connectivity index (χ3v) is 2.21. The number of nitrogens with zero attached hydrogens (tertiary/aromatic N) is 1. The van der Waals surface area contributed by atoms with E-state index in [2.05, 4.69) is 0 Å². The first-order valence-corrected chi connectivity index (χ1v) is 5.22. The molecule has 0 aromatic heterocycles. The second kappa shape index (κ2) is 6.35. The van der Waals surface area contributed by atoms with Crippen molar-refractivity contribution in [2.24, 2.45) is 0 Å². The summed E-state index contributed by atoms with van der Waals surface area (Å²) in [5.41, 5.74) is 0.820. The molecule has 0 saturated carbocycles. The van der Waals surface area contributed by atoms with E-state index in [1.54, 1.807) is 19.2 Å². The van der Waals surface area contributed by atoms with Crippen molar-refractivity contribution < 1.29 is 14.6 Å². The van der Waals surface area contributed by atoms with E-state index in [1.165, 1.54) is 0 Å². The molecule has 4 heteroatoms. The van der Waals surface area contributed by atoms with E-state index in [-0.39, 0.29) is 6.61 Å². The monoisotopic (exact) mass is 225 g/mol. The topological polar surface area (TPSA) is 41.9 Å². The van der Waals surface area contributed by atoms with E-state index in [9.17, 15) is 0 Å². The zero-order valence-corrected chi connectivity index (χ0v) is 10.1. The minimum Gasteiger partial charge on any atom is -0.493 e. The van der Waals surface area contributed by atoms with Crippen molar-refractivity contribution in [2.75, 3.05) is 34.4 Å². The van der Waals surface area contributed by atoms with E-state index in [0.717, 1.165) is 12.1 Å². The number of hydrogen-bond acceptors (Lipinski definition) is 4. The Morgan fingerprint density at radius 2 is 2.00 bits per heavy atom. The maximum Gasteiger partial charge on any atom is 0.161 e. The number of benzene rings is 1. The molecule has 0 unspecified atom stereocenters. The largest absolute Gasteiger partial charge is 0.493 e. The number of aliphatic hydroxyl groups excluding tert-OH is 1. The van der Waals surface area contributed by atoms with Gasteiger partial charge in [-0.3, -0.25) is 0 Å². The third-order valence-electron chi connectivity index (χ3n) is 2.21. The number of hydrogen-bond donors (Lipinski definition) is 1. The molecule has 16 heavy (non-hydrogen) atoms. The molecule has 0 aliphatic carbocycles. The van der Waals surface area contributed by atoms with Gasteiger partial charge >= 0.3 is 0 Å². The summed E-state index contributed by atoms with van der Waals surface area (Å²) in [6, 6.07) is 5.42. The van der Waals surface area contributed by atoms with E-state index >= 15 is 0 Å². The molecule has 0 bridgehead atoms. The van der Waals surface area contributed by atoms with Crippen molar-refractivity contribution >= 4 is 0 Å². The van der Waals surface area contributed by atoms with E-state index < -0.39 is 0 Å². The summed E-state index contributed by atoms with van der Waals surface area (Å²) >= 11 is 0. The van der Waals surface area contributed by atoms with Gasteiger partial charge in [0.25, 0.3) is 0 Å². The lowest BCUT2D eigenvalue weighted by atomic mass is 10.2. The van der Waals surface area contributed by atoms with Gasteiger partial charge in [0.1, 0.15) is 6.61 Å². The number of rotatable bonds is 6. The van der Waals surface area contributed by atoms with Crippen LogP contribution in [0.25, 0.3) is 0 Å². The molecule has 1 aromatic carbocycles. The maximum atomic E-state index is 9.03. The predicted octanol–water partition coefficient (Wildman–Crippen LogP) is 1.13. The van der Waals surface area contributed by atoms with Gasteiger partial charge in [-0.25, -0.2) is 0 Å². The Morgan fingerprint density at radius 1 is 1.25 bits per heavy atom. The lowest BCUT2D eigenvalue weighted by Gasteiger charge is -2.14. The van der Waals surface area contributed by atoms with Crippen LogP contribution in [0.4, 0.5) is 0 Å². The van der Waals surface area contributed by atoms with Crippen LogP contribution in [0, 0.1) is 0 Å². The summed E-state index contributed by atoms with van der Waals surface area (Å²) in [5, 5.41) is 9.03. The summed E-state index contributed by atoms with van der Waals surface area (Å²) < 4.78 is 10.8. The minimum atomic E-state index is 0.00797. The minimum absolute atomic E-state index is 0.00797. The van der Waals surface area contributed by atoms with E-state index in [1.807, 2.05) is 25.1 Å². The quantitative estimate of drug-likeness (QED) is 0.788. The fourth-order valence-electron chi connectivity index (χ4n) is 1.27. The van der Waals surface area contributed by atoms with Gasteiger partial charge in [-0.1, -0.05) is 6.07 Å². The highest BCUT2D eigenvalue weighted by Crippen LogP contribution is 2.27. The first-order valence-electron chi connectivity index (χ1n) is 5.22. The number of likely N-dealkylation sites (N-methyl/N-ethyl adjacent to an activating group) is 1. The van der Waals surface area contributed by atoms with Gasteiger partial charge in [0.05, 0.1) is 13.7 Å². The highest BCUT2D eigenvalue weighted by atomic mass is 16.5. The van der Waals surface area contributed by atoms with Crippen LogP contribution in [0.2, 0.25) is 0 Å². The molecule has 0 spiro atoms. The van der Waals surface area contributed by atoms with Gasteiger partial charge in [-0.05, 0) is 31.8 Å². The molecule has 1 rings (SSSR count). The molecule has 90 valence electrons. The fourth-order valence-corrected chi connectivity index (χ4v) is 1.27. The SMILES string of the molecule is COc1ccc(CO)cc1OCCN(C)C. The Hall–Kier alpha value is -1.26. The average molecular weight is 225 g/mol. The second-order valence-corrected chi connectivity index (χ2v) is 3.80. The number of ether oxygens (including phenoxy) is 2. The van der Waals surface area contributed by atoms with Crippen LogP contribution in [-0.2, 0) is 6.61 Å². The van der Waals surface area contributed by atoms with Gasteiger partial charge in [-0.15, -0.1) is 0 Å². The van der Waals surface area contributed by atoms with Crippen molar-refractivity contribution in [3.63, 3.8) is 0 Å². The molecule has 0 radical (unpaired) electrons. The van der Waals surface area contributed by atoms with Crippen LogP contribution in [0.1, 0.15) is 5.56 Å². The molecular weight excluding hydrogens is 206 g/mol. The van der Waals surface area contributed by atoms with Crippen LogP contribution in [0.5, 0.6) is 11.5 Å². The van der Waals surface area contributed by atoms with E-state index in [0.29, 0.717) is 18.1 Å². The second-order valence-electron chi connectivity index (χ2n) is 3.80. The molecular formula is C12H19NO3. The highest BCUT2D eigenvalue weighted by Gasteiger charge is 2.05. The Kier molecular flexibility index (Phi) is 5.08. The Balaban J connectivity index is 2.67. The van der Waals surface area contributed by atoms with Crippen molar-refractivity contribution in [3.05, 3.63) is 23.8 Å². The average Bonchev–Trinajstić information content (AvgIpc) is 2.28. The van der Waals surface area contributed by atoms with Crippen molar-refractivity contribution in [1.29, 1.82) is 0 Å². The Bertz CT molecular complexity index is 326. The van der Waals surface area contributed by atoms with Gasteiger partial charge in [-0.2, -0.15) is 0 Å². The number of methoxy groups -OCH3 is 1. The number of aliphatic hydroxyl groups is 1. The molecule has 1 N–H and O–H groups in total. The Morgan fingerprint density at radius 3 is 2.56 bits per heavy atom. The summed E-state index contributed by atoms with van der Waals surface area (Å²) in [4.78, 5) is 2.04. The molecule has 0 amide bonds. The summed E-state index contributed by atoms with van der Waals surface area (Å²) in [6.45, 7) is 1.44. The zero-order chi connectivity index (χ0) is 12.0. The first-order chi connectivity index (χ1) is 7.67. The summed E-state index contributed by atoms with van der Waals surface area (Å²) in [7, 11) is 5.59. The molecule has 0 fully saturated rings. The summed E-state index contributed by atoms with van der Waals surface area (Å²) in [6.07, 6.45) is 0. The fraction of sp³-hybridized carbons (Fsp3) is 0.500. The third kappa shape index (κ3) is 3.72. The van der Waals surface area contributed by atoms with Crippen LogP contribution in [0.15, 0.2) is 18.2 Å². The van der Waals surface area contributed by atoms with Crippen molar-refractivity contribution in [2.45, 2.75) is 6.61 Å². The van der Waals surface area contributed by atoms with Crippen molar-refractivity contribution in [1.82, 2.24) is 4.90 Å². The van der Waals surface area contributed by atoms with Gasteiger partial charge < -0.3 is 19.5 Å². The Labute approximate surface area is 96.4 Å². The van der Waals surface area contributed by atoms with Crippen LogP contribution in [-0.4, -0.2) is 44.4 Å². The first kappa shape index (κ1) is 12.8. The lowest BCUT2D eigenvalue weighted by molar-refractivity contribution is 0.248. The van der Waals surface area contributed by atoms with Gasteiger partial charge in [0, 0.05) is 6.54 Å². The molecule has 0 heterocycles. The summed E-state index contributed by atoms with van der Waals surface area (Å²) in [5.74, 6) is 1.37. The van der Waals surface area contributed by atoms with Crippen molar-refractivity contribution in [3.8, 4) is 11.5 Å². The smallest absolute Gasteiger partial charge is 0.161 e. The highest BCUT2D eigenvalue weighted by molar-refractivity contribution is 5.42. The molecule has 1 aromatic rings. The molecule has 0 aliphatic rings. The van der Waals surface area contributed by atoms with E-state index in [4.69, 9.17) is 14.6 Å². The van der Waals surface area contributed by atoms with Crippen LogP contribution >= 0.6 is 0 Å². The van der Waals surface area contributed by atoms with Gasteiger partial charge in [0.2, 0.25) is 0 Å². The van der Waals surface area contributed by atoms with Gasteiger partial charge in [0.15, 0.2) is 11.5 Å². The normalized spacial score (nSPS) is 10.6. The maximum absolute atomic E-state index is 9.03. The molecule has 0 atom stereocenters. The molecule has 0 aliphatic heterocycles. The van der Waals surface area contributed by atoms with Crippen LogP contribution < -0.4 is 9.47 Å². The molecule has 0 saturated heterocycles. The molecule has 4 nitrogen and oxygen atoms in total. The predicted molar refractivity (Wildman–Crippen MR) is 63.0 cm³/mol. The standard InChI is InChI=1S/C12H19NO3/c1-13(2)6-7-16-12-8-10(9-14)4-5-11(12)15-3/h4-5,8,14H,6-7,9H2,1-3H3. The zero-order valence-electron chi connectivity index (χ0n) is 10.1.